The normalized spacial score (nSPS) is 27.5. The van der Waals surface area contributed by atoms with Gasteiger partial charge in [-0.25, -0.2) is 0 Å². The van der Waals surface area contributed by atoms with Crippen LogP contribution in [0, 0.1) is 5.92 Å². The summed E-state index contributed by atoms with van der Waals surface area (Å²) in [5.74, 6) is 0.630. The Labute approximate surface area is 117 Å². The van der Waals surface area contributed by atoms with Crippen LogP contribution in [0.2, 0.25) is 0 Å². The van der Waals surface area contributed by atoms with Crippen molar-refractivity contribution < 1.29 is 9.84 Å². The maximum Gasteiger partial charge on any atom is 0.0753 e. The fourth-order valence-corrected chi connectivity index (χ4v) is 3.38. The molecular weight excluding hydrogens is 240 g/mol. The highest BCUT2D eigenvalue weighted by Crippen LogP contribution is 2.40. The molecule has 1 unspecified atom stereocenters. The quantitative estimate of drug-likeness (QED) is 0.762. The maximum absolute atomic E-state index is 9.98. The third kappa shape index (κ3) is 3.91. The fraction of sp³-hybridized carbons (Fsp3) is 1.00. The summed E-state index contributed by atoms with van der Waals surface area (Å²) in [5, 5.41) is 13.6. The molecule has 1 saturated carbocycles. The Bertz CT molecular complexity index is 303. The minimum Gasteiger partial charge on any atom is -0.394 e. The van der Waals surface area contributed by atoms with Crippen molar-refractivity contribution in [3.05, 3.63) is 0 Å². The Hall–Kier alpha value is -0.160. The van der Waals surface area contributed by atoms with Crippen molar-refractivity contribution in [2.24, 2.45) is 5.92 Å². The van der Waals surface area contributed by atoms with Crippen LogP contribution >= 0.6 is 0 Å². The van der Waals surface area contributed by atoms with E-state index in [0.29, 0.717) is 12.0 Å². The van der Waals surface area contributed by atoms with E-state index < -0.39 is 0 Å². The van der Waals surface area contributed by atoms with Gasteiger partial charge < -0.3 is 15.2 Å². The van der Waals surface area contributed by atoms with Gasteiger partial charge in [0.25, 0.3) is 0 Å². The van der Waals surface area contributed by atoms with Gasteiger partial charge in [0.05, 0.1) is 24.4 Å². The molecule has 112 valence electrons. The van der Waals surface area contributed by atoms with E-state index in [2.05, 4.69) is 37.9 Å². The van der Waals surface area contributed by atoms with Crippen molar-refractivity contribution in [2.45, 2.75) is 57.7 Å². The van der Waals surface area contributed by atoms with Gasteiger partial charge in [-0.3, -0.25) is 4.90 Å². The lowest BCUT2D eigenvalue weighted by molar-refractivity contribution is -0.0949. The van der Waals surface area contributed by atoms with E-state index in [1.807, 2.05) is 0 Å². The minimum atomic E-state index is -0.123. The Morgan fingerprint density at radius 2 is 2.11 bits per heavy atom. The molecule has 0 spiro atoms. The first-order valence-electron chi connectivity index (χ1n) is 7.62. The second kappa shape index (κ2) is 5.68. The zero-order valence-electron chi connectivity index (χ0n) is 12.9. The second-order valence-electron chi connectivity index (χ2n) is 7.21. The van der Waals surface area contributed by atoms with Gasteiger partial charge in [0.1, 0.15) is 0 Å². The molecule has 0 aromatic heterocycles. The summed E-state index contributed by atoms with van der Waals surface area (Å²) in [7, 11) is 0. The molecule has 0 radical (unpaired) electrons. The van der Waals surface area contributed by atoms with Crippen molar-refractivity contribution >= 4 is 0 Å². The lowest BCUT2D eigenvalue weighted by Gasteiger charge is -2.44. The van der Waals surface area contributed by atoms with Crippen LogP contribution in [-0.4, -0.2) is 60.0 Å². The van der Waals surface area contributed by atoms with Crippen LogP contribution in [0.15, 0.2) is 0 Å². The van der Waals surface area contributed by atoms with Crippen LogP contribution < -0.4 is 5.32 Å². The predicted octanol–water partition coefficient (Wildman–Crippen LogP) is 1.24. The summed E-state index contributed by atoms with van der Waals surface area (Å²) in [6.07, 6.45) is 2.49. The molecule has 4 heteroatoms. The van der Waals surface area contributed by atoms with Crippen molar-refractivity contribution in [3.8, 4) is 0 Å². The van der Waals surface area contributed by atoms with Gasteiger partial charge in [0.15, 0.2) is 0 Å². The first-order chi connectivity index (χ1) is 8.87. The number of hydrogen-bond donors (Lipinski definition) is 2. The first-order valence-corrected chi connectivity index (χ1v) is 7.62. The van der Waals surface area contributed by atoms with E-state index in [0.717, 1.165) is 26.2 Å². The monoisotopic (exact) mass is 270 g/mol. The highest BCUT2D eigenvalue weighted by Gasteiger charge is 2.46. The number of nitrogens with one attached hydrogen (secondary N) is 1. The molecule has 2 rings (SSSR count). The average molecular weight is 270 g/mol. The van der Waals surface area contributed by atoms with E-state index in [1.54, 1.807) is 0 Å². The number of aliphatic hydroxyl groups is 1. The van der Waals surface area contributed by atoms with Crippen molar-refractivity contribution in [1.29, 1.82) is 0 Å². The summed E-state index contributed by atoms with van der Waals surface area (Å²) in [6.45, 7) is 12.5. The maximum atomic E-state index is 9.98. The molecule has 1 heterocycles. The van der Waals surface area contributed by atoms with Crippen LogP contribution in [-0.2, 0) is 4.74 Å². The van der Waals surface area contributed by atoms with E-state index in [4.69, 9.17) is 4.74 Å². The molecule has 0 aromatic carbocycles. The molecule has 2 N–H and O–H groups in total. The van der Waals surface area contributed by atoms with Crippen LogP contribution in [0.4, 0.5) is 0 Å². The number of morpholine rings is 1. The summed E-state index contributed by atoms with van der Waals surface area (Å²) in [5.41, 5.74) is -0.192. The molecule has 4 nitrogen and oxygen atoms in total. The Morgan fingerprint density at radius 3 is 2.58 bits per heavy atom. The third-order valence-corrected chi connectivity index (χ3v) is 4.23. The smallest absolute Gasteiger partial charge is 0.0753 e. The summed E-state index contributed by atoms with van der Waals surface area (Å²) < 4.78 is 5.78. The van der Waals surface area contributed by atoms with Gasteiger partial charge in [-0.15, -0.1) is 0 Å². The molecule has 1 atom stereocenters. The lowest BCUT2D eigenvalue weighted by atomic mass is 9.91. The van der Waals surface area contributed by atoms with E-state index in [1.165, 1.54) is 12.8 Å². The highest BCUT2D eigenvalue weighted by molar-refractivity contribution is 5.04. The Morgan fingerprint density at radius 1 is 1.42 bits per heavy atom. The van der Waals surface area contributed by atoms with E-state index >= 15 is 0 Å². The summed E-state index contributed by atoms with van der Waals surface area (Å²) >= 11 is 0. The molecule has 1 aliphatic carbocycles. The number of hydrogen-bond acceptors (Lipinski definition) is 4. The third-order valence-electron chi connectivity index (χ3n) is 4.23. The van der Waals surface area contributed by atoms with Crippen molar-refractivity contribution in [1.82, 2.24) is 10.2 Å². The van der Waals surface area contributed by atoms with Gasteiger partial charge in [0, 0.05) is 25.7 Å². The van der Waals surface area contributed by atoms with E-state index in [-0.39, 0.29) is 17.7 Å². The second-order valence-corrected chi connectivity index (χ2v) is 7.21. The molecule has 1 aliphatic heterocycles. The van der Waals surface area contributed by atoms with Gasteiger partial charge in [0.2, 0.25) is 0 Å². The molecule has 0 bridgehead atoms. The predicted molar refractivity (Wildman–Crippen MR) is 77.3 cm³/mol. The van der Waals surface area contributed by atoms with Crippen LogP contribution in [0.1, 0.15) is 40.5 Å². The largest absolute Gasteiger partial charge is 0.394 e. The number of nitrogens with zero attached hydrogens (tertiary/aromatic N) is 1. The van der Waals surface area contributed by atoms with E-state index in [9.17, 15) is 5.11 Å². The summed E-state index contributed by atoms with van der Waals surface area (Å²) in [6, 6.07) is 0.404. The standard InChI is InChI=1S/C15H30N2O2/c1-12(2)16-15(11-18,13-5-6-13)10-17-7-8-19-14(3,4)9-17/h12-13,16,18H,5-11H2,1-4H3. The van der Waals surface area contributed by atoms with Crippen LogP contribution in [0.5, 0.6) is 0 Å². The van der Waals surface area contributed by atoms with Crippen LogP contribution in [0.3, 0.4) is 0 Å². The Kier molecular flexibility index (Phi) is 4.56. The SMILES string of the molecule is CC(C)NC(CO)(CN1CCOC(C)(C)C1)C1CC1. The molecule has 1 saturated heterocycles. The zero-order valence-corrected chi connectivity index (χ0v) is 12.9. The van der Waals surface area contributed by atoms with Gasteiger partial charge >= 0.3 is 0 Å². The number of ether oxygens (including phenoxy) is 1. The van der Waals surface area contributed by atoms with Gasteiger partial charge in [-0.2, -0.15) is 0 Å². The fourth-order valence-electron chi connectivity index (χ4n) is 3.38. The zero-order chi connectivity index (χ0) is 14.1. The molecule has 2 aliphatic rings. The minimum absolute atomic E-state index is 0.0686. The Balaban J connectivity index is 2.03. The first kappa shape index (κ1) is 15.2. The topological polar surface area (TPSA) is 44.7 Å². The molecule has 0 aromatic rings. The number of rotatable bonds is 6. The summed E-state index contributed by atoms with van der Waals surface area (Å²) in [4.78, 5) is 2.45. The number of aliphatic hydroxyl groups excluding tert-OH is 1. The van der Waals surface area contributed by atoms with Crippen LogP contribution in [0.25, 0.3) is 0 Å². The molecule has 2 fully saturated rings. The van der Waals surface area contributed by atoms with Crippen molar-refractivity contribution in [2.75, 3.05) is 32.8 Å². The van der Waals surface area contributed by atoms with Gasteiger partial charge in [-0.05, 0) is 32.6 Å². The average Bonchev–Trinajstić information content (AvgIpc) is 3.10. The van der Waals surface area contributed by atoms with Crippen molar-refractivity contribution in [3.63, 3.8) is 0 Å². The molecular formula is C15H30N2O2. The molecule has 19 heavy (non-hydrogen) atoms. The van der Waals surface area contributed by atoms with Gasteiger partial charge in [-0.1, -0.05) is 13.8 Å². The highest BCUT2D eigenvalue weighted by atomic mass is 16.5. The molecule has 0 amide bonds. The lowest BCUT2D eigenvalue weighted by Crippen LogP contribution is -2.62.